The van der Waals surface area contributed by atoms with Crippen LogP contribution in [0.25, 0.3) is 0 Å². The quantitative estimate of drug-likeness (QED) is 0.804. The number of ether oxygens (including phenoxy) is 1. The fourth-order valence-electron chi connectivity index (χ4n) is 1.45. The zero-order valence-electron chi connectivity index (χ0n) is 10.1. The van der Waals surface area contributed by atoms with Gasteiger partial charge < -0.3 is 9.64 Å². The molecule has 2 rings (SSSR count). The molecule has 0 saturated carbocycles. The van der Waals surface area contributed by atoms with Crippen molar-refractivity contribution in [1.29, 1.82) is 0 Å². The molecule has 17 heavy (non-hydrogen) atoms. The largest absolute Gasteiger partial charge is 0.489 e. The summed E-state index contributed by atoms with van der Waals surface area (Å²) in [5.41, 5.74) is 1.07. The lowest BCUT2D eigenvalue weighted by Crippen LogP contribution is -2.10. The summed E-state index contributed by atoms with van der Waals surface area (Å²) in [5, 5.41) is 0. The molecule has 1 aromatic carbocycles. The van der Waals surface area contributed by atoms with Gasteiger partial charge in [0.25, 0.3) is 0 Å². The number of nitrogens with zero attached hydrogens (tertiary/aromatic N) is 2. The van der Waals surface area contributed by atoms with Crippen LogP contribution in [0, 0.1) is 0 Å². The van der Waals surface area contributed by atoms with Gasteiger partial charge in [0.05, 0.1) is 0 Å². The lowest BCUT2D eigenvalue weighted by molar-refractivity contribution is 0.306. The third kappa shape index (κ3) is 3.21. The summed E-state index contributed by atoms with van der Waals surface area (Å²) in [6, 6.07) is 13.8. The summed E-state index contributed by atoms with van der Waals surface area (Å²) in [4.78, 5) is 6.31. The number of anilines is 1. The summed E-state index contributed by atoms with van der Waals surface area (Å²) in [6.45, 7) is 0.546. The minimum absolute atomic E-state index is 0.546. The van der Waals surface area contributed by atoms with E-state index < -0.39 is 0 Å². The van der Waals surface area contributed by atoms with E-state index >= 15 is 0 Å². The Balaban J connectivity index is 1.96. The van der Waals surface area contributed by atoms with Crippen LogP contribution >= 0.6 is 0 Å². The molecule has 0 aliphatic heterocycles. The van der Waals surface area contributed by atoms with Gasteiger partial charge in [0.1, 0.15) is 18.2 Å². The predicted octanol–water partition coefficient (Wildman–Crippen LogP) is 2.73. The van der Waals surface area contributed by atoms with Crippen molar-refractivity contribution in [3.05, 3.63) is 54.2 Å². The van der Waals surface area contributed by atoms with Crippen molar-refractivity contribution in [2.24, 2.45) is 0 Å². The van der Waals surface area contributed by atoms with Crippen LogP contribution in [-0.4, -0.2) is 19.1 Å². The number of hydrogen-bond acceptors (Lipinski definition) is 3. The maximum Gasteiger partial charge on any atom is 0.127 e. The van der Waals surface area contributed by atoms with Crippen molar-refractivity contribution < 1.29 is 4.74 Å². The molecule has 0 fully saturated rings. The standard InChI is InChI=1S/C14H16N2O/c1-16(2)14-9-8-12(10-15-14)11-17-13-6-4-3-5-7-13/h3-10H,11H2,1-2H3. The van der Waals surface area contributed by atoms with Crippen molar-refractivity contribution in [3.63, 3.8) is 0 Å². The number of aromatic nitrogens is 1. The monoisotopic (exact) mass is 228 g/mol. The third-order valence-corrected chi connectivity index (χ3v) is 2.42. The van der Waals surface area contributed by atoms with Gasteiger partial charge in [0.2, 0.25) is 0 Å². The zero-order chi connectivity index (χ0) is 12.1. The Bertz CT molecular complexity index is 451. The van der Waals surface area contributed by atoms with Crippen molar-refractivity contribution in [2.45, 2.75) is 6.61 Å². The predicted molar refractivity (Wildman–Crippen MR) is 69.3 cm³/mol. The average molecular weight is 228 g/mol. The lowest BCUT2D eigenvalue weighted by Gasteiger charge is -2.11. The molecular weight excluding hydrogens is 212 g/mol. The van der Waals surface area contributed by atoms with Crippen molar-refractivity contribution in [2.75, 3.05) is 19.0 Å². The van der Waals surface area contributed by atoms with E-state index in [9.17, 15) is 0 Å². The highest BCUT2D eigenvalue weighted by molar-refractivity contribution is 5.37. The maximum absolute atomic E-state index is 5.64. The number of benzene rings is 1. The molecule has 0 atom stereocenters. The second-order valence-corrected chi connectivity index (χ2v) is 4.02. The summed E-state index contributed by atoms with van der Waals surface area (Å²) in [5.74, 6) is 1.83. The number of hydrogen-bond donors (Lipinski definition) is 0. The second-order valence-electron chi connectivity index (χ2n) is 4.02. The van der Waals surface area contributed by atoms with E-state index in [1.165, 1.54) is 0 Å². The van der Waals surface area contributed by atoms with Crippen LogP contribution in [-0.2, 0) is 6.61 Å². The van der Waals surface area contributed by atoms with E-state index in [4.69, 9.17) is 4.74 Å². The first-order valence-corrected chi connectivity index (χ1v) is 5.56. The number of para-hydroxylation sites is 1. The van der Waals surface area contributed by atoms with Crippen LogP contribution < -0.4 is 9.64 Å². The molecule has 0 radical (unpaired) electrons. The molecule has 0 saturated heterocycles. The van der Waals surface area contributed by atoms with Gasteiger partial charge in [-0.05, 0) is 18.2 Å². The maximum atomic E-state index is 5.64. The third-order valence-electron chi connectivity index (χ3n) is 2.42. The van der Waals surface area contributed by atoms with Crippen molar-refractivity contribution in [1.82, 2.24) is 4.98 Å². The molecule has 0 aliphatic rings. The fraction of sp³-hybridized carbons (Fsp3) is 0.214. The Morgan fingerprint density at radius 1 is 1.06 bits per heavy atom. The molecule has 1 heterocycles. The summed E-state index contributed by atoms with van der Waals surface area (Å²) >= 11 is 0. The van der Waals surface area contributed by atoms with E-state index in [0.717, 1.165) is 17.1 Å². The number of pyridine rings is 1. The van der Waals surface area contributed by atoms with Crippen LogP contribution in [0.4, 0.5) is 5.82 Å². The van der Waals surface area contributed by atoms with Gasteiger partial charge in [-0.15, -0.1) is 0 Å². The molecule has 0 aliphatic carbocycles. The molecule has 0 N–H and O–H groups in total. The van der Waals surface area contributed by atoms with E-state index in [0.29, 0.717) is 6.61 Å². The summed E-state index contributed by atoms with van der Waals surface area (Å²) in [7, 11) is 3.95. The highest BCUT2D eigenvalue weighted by Gasteiger charge is 1.98. The van der Waals surface area contributed by atoms with Gasteiger partial charge >= 0.3 is 0 Å². The van der Waals surface area contributed by atoms with Crippen LogP contribution in [0.2, 0.25) is 0 Å². The average Bonchev–Trinajstić information content (AvgIpc) is 2.38. The molecule has 0 spiro atoms. The van der Waals surface area contributed by atoms with Crippen LogP contribution in [0.3, 0.4) is 0 Å². The van der Waals surface area contributed by atoms with Gasteiger partial charge in [0.15, 0.2) is 0 Å². The summed E-state index contributed by atoms with van der Waals surface area (Å²) < 4.78 is 5.64. The Morgan fingerprint density at radius 2 is 1.82 bits per heavy atom. The van der Waals surface area contributed by atoms with Gasteiger partial charge in [-0.2, -0.15) is 0 Å². The van der Waals surface area contributed by atoms with Gasteiger partial charge in [-0.25, -0.2) is 4.98 Å². The molecule has 0 unspecified atom stereocenters. The first-order chi connectivity index (χ1) is 8.25. The second kappa shape index (κ2) is 5.34. The molecule has 2 aromatic rings. The van der Waals surface area contributed by atoms with Gasteiger partial charge in [-0.1, -0.05) is 24.3 Å². The zero-order valence-corrected chi connectivity index (χ0v) is 10.1. The Hall–Kier alpha value is -2.03. The van der Waals surface area contributed by atoms with Crippen molar-refractivity contribution >= 4 is 5.82 Å². The van der Waals surface area contributed by atoms with Crippen LogP contribution in [0.5, 0.6) is 5.75 Å². The summed E-state index contributed by atoms with van der Waals surface area (Å²) in [6.07, 6.45) is 1.85. The Morgan fingerprint density at radius 3 is 2.41 bits per heavy atom. The Labute approximate surface area is 102 Å². The molecule has 0 amide bonds. The molecular formula is C14H16N2O. The van der Waals surface area contributed by atoms with E-state index in [1.807, 2.05) is 67.7 Å². The normalized spacial score (nSPS) is 10.0. The molecule has 0 bridgehead atoms. The minimum Gasteiger partial charge on any atom is -0.489 e. The lowest BCUT2D eigenvalue weighted by atomic mass is 10.3. The topological polar surface area (TPSA) is 25.4 Å². The molecule has 88 valence electrons. The fourth-order valence-corrected chi connectivity index (χ4v) is 1.45. The first kappa shape index (κ1) is 11.5. The van der Waals surface area contributed by atoms with Gasteiger partial charge in [-0.3, -0.25) is 0 Å². The highest BCUT2D eigenvalue weighted by atomic mass is 16.5. The number of rotatable bonds is 4. The first-order valence-electron chi connectivity index (χ1n) is 5.56. The van der Waals surface area contributed by atoms with E-state index in [2.05, 4.69) is 4.98 Å². The van der Waals surface area contributed by atoms with E-state index in [-0.39, 0.29) is 0 Å². The molecule has 3 heteroatoms. The van der Waals surface area contributed by atoms with Gasteiger partial charge in [0, 0.05) is 25.9 Å². The minimum atomic E-state index is 0.546. The molecule has 1 aromatic heterocycles. The SMILES string of the molecule is CN(C)c1ccc(COc2ccccc2)cn1. The van der Waals surface area contributed by atoms with Crippen LogP contribution in [0.1, 0.15) is 5.56 Å². The smallest absolute Gasteiger partial charge is 0.127 e. The highest BCUT2D eigenvalue weighted by Crippen LogP contribution is 2.12. The van der Waals surface area contributed by atoms with Crippen LogP contribution in [0.15, 0.2) is 48.7 Å². The van der Waals surface area contributed by atoms with E-state index in [1.54, 1.807) is 0 Å². The molecule has 3 nitrogen and oxygen atoms in total. The van der Waals surface area contributed by atoms with Crippen molar-refractivity contribution in [3.8, 4) is 5.75 Å². The Kier molecular flexibility index (Phi) is 3.60.